The summed E-state index contributed by atoms with van der Waals surface area (Å²) in [6.07, 6.45) is 7.29. The van der Waals surface area contributed by atoms with E-state index in [9.17, 15) is 9.59 Å². The fraction of sp³-hybridized carbons (Fsp3) is 0.500. The molecule has 0 spiro atoms. The number of fused-ring (bicyclic) bond motifs is 1. The molecule has 6 heteroatoms. The molecule has 1 aromatic heterocycles. The van der Waals surface area contributed by atoms with Gasteiger partial charge in [0.25, 0.3) is 5.91 Å². The van der Waals surface area contributed by atoms with Crippen LogP contribution in [0.3, 0.4) is 0 Å². The Balaban J connectivity index is 1.55. The summed E-state index contributed by atoms with van der Waals surface area (Å²) in [4.78, 5) is 28.7. The van der Waals surface area contributed by atoms with E-state index in [0.717, 1.165) is 31.4 Å². The molecule has 6 nitrogen and oxygen atoms in total. The molecule has 2 heterocycles. The van der Waals surface area contributed by atoms with Crippen molar-refractivity contribution >= 4 is 11.8 Å². The van der Waals surface area contributed by atoms with Crippen LogP contribution < -0.4 is 10.1 Å². The van der Waals surface area contributed by atoms with Crippen LogP contribution in [0.4, 0.5) is 0 Å². The molecule has 4 rings (SSSR count). The summed E-state index contributed by atoms with van der Waals surface area (Å²) >= 11 is 0. The van der Waals surface area contributed by atoms with E-state index in [2.05, 4.69) is 5.32 Å². The third kappa shape index (κ3) is 4.09. The Morgan fingerprint density at radius 1 is 1.20 bits per heavy atom. The monoisotopic (exact) mass is 410 g/mol. The first-order chi connectivity index (χ1) is 14.6. The Morgan fingerprint density at radius 3 is 2.77 bits per heavy atom. The van der Waals surface area contributed by atoms with Crippen molar-refractivity contribution < 1.29 is 18.7 Å². The number of furan rings is 1. The second kappa shape index (κ2) is 8.94. The normalized spacial score (nSPS) is 24.2. The Morgan fingerprint density at radius 2 is 2.00 bits per heavy atom. The molecule has 2 aliphatic rings. The summed E-state index contributed by atoms with van der Waals surface area (Å²) in [7, 11) is 1.57. The highest BCUT2D eigenvalue weighted by atomic mass is 16.5. The van der Waals surface area contributed by atoms with Gasteiger partial charge in [0.15, 0.2) is 0 Å². The van der Waals surface area contributed by atoms with Crippen molar-refractivity contribution in [3.63, 3.8) is 0 Å². The maximum Gasteiger partial charge on any atom is 0.258 e. The maximum absolute atomic E-state index is 13.6. The number of ether oxygens (including phenoxy) is 1. The van der Waals surface area contributed by atoms with E-state index in [1.807, 2.05) is 36.1 Å². The Bertz CT molecular complexity index is 879. The molecule has 1 aliphatic heterocycles. The van der Waals surface area contributed by atoms with Crippen molar-refractivity contribution in [3.8, 4) is 5.75 Å². The molecule has 1 saturated carbocycles. The minimum absolute atomic E-state index is 0.0745. The Hall–Kier alpha value is -2.76. The summed E-state index contributed by atoms with van der Waals surface area (Å²) in [5.41, 5.74) is 0.521. The van der Waals surface area contributed by atoms with E-state index in [1.165, 1.54) is 6.42 Å². The van der Waals surface area contributed by atoms with Crippen molar-refractivity contribution in [2.45, 2.75) is 63.6 Å². The molecule has 1 aliphatic carbocycles. The first kappa shape index (κ1) is 20.5. The third-order valence-corrected chi connectivity index (χ3v) is 6.44. The van der Waals surface area contributed by atoms with Gasteiger partial charge in [-0.1, -0.05) is 25.0 Å². The third-order valence-electron chi connectivity index (χ3n) is 6.44. The molecule has 30 heavy (non-hydrogen) atoms. The van der Waals surface area contributed by atoms with E-state index in [-0.39, 0.29) is 23.9 Å². The van der Waals surface area contributed by atoms with Crippen molar-refractivity contribution in [2.24, 2.45) is 5.92 Å². The second-order valence-corrected chi connectivity index (χ2v) is 8.47. The minimum Gasteiger partial charge on any atom is -0.496 e. The topological polar surface area (TPSA) is 71.8 Å². The van der Waals surface area contributed by atoms with E-state index < -0.39 is 6.04 Å². The summed E-state index contributed by atoms with van der Waals surface area (Å²) in [6, 6.07) is 10.6. The smallest absolute Gasteiger partial charge is 0.258 e. The maximum atomic E-state index is 13.6. The van der Waals surface area contributed by atoms with Crippen LogP contribution in [0, 0.1) is 5.92 Å². The summed E-state index contributed by atoms with van der Waals surface area (Å²) in [5.74, 6) is 1.58. The first-order valence-electron chi connectivity index (χ1n) is 10.9. The number of carbonyl (C=O) groups is 2. The highest BCUT2D eigenvalue weighted by molar-refractivity contribution is 6.00. The fourth-order valence-corrected chi connectivity index (χ4v) is 5.07. The molecule has 1 N–H and O–H groups in total. The number of amides is 2. The number of para-hydroxylation sites is 1. The van der Waals surface area contributed by atoms with Crippen LogP contribution in [0.5, 0.6) is 5.75 Å². The average Bonchev–Trinajstić information content (AvgIpc) is 3.40. The molecule has 2 amide bonds. The number of carbonyl (C=O) groups excluding carboxylic acids is 2. The molecule has 4 atom stereocenters. The fourth-order valence-electron chi connectivity index (χ4n) is 5.07. The number of benzene rings is 1. The second-order valence-electron chi connectivity index (χ2n) is 8.47. The Kier molecular flexibility index (Phi) is 6.11. The summed E-state index contributed by atoms with van der Waals surface area (Å²) < 4.78 is 10.8. The highest BCUT2D eigenvalue weighted by Crippen LogP contribution is 2.41. The molecule has 2 fully saturated rings. The van der Waals surface area contributed by atoms with Crippen LogP contribution in [-0.4, -0.2) is 41.9 Å². The molecule has 1 saturated heterocycles. The SMILES string of the molecule is COc1ccccc1C(=O)N1C(C(=O)NC(C)Cc2ccco2)CC2CCCCC21. The van der Waals surface area contributed by atoms with Gasteiger partial charge in [-0.2, -0.15) is 0 Å². The summed E-state index contributed by atoms with van der Waals surface area (Å²) in [6.45, 7) is 1.97. The molecule has 0 radical (unpaired) electrons. The first-order valence-corrected chi connectivity index (χ1v) is 10.9. The number of rotatable bonds is 6. The predicted octanol–water partition coefficient (Wildman–Crippen LogP) is 3.81. The van der Waals surface area contributed by atoms with Crippen molar-refractivity contribution in [1.29, 1.82) is 0 Å². The standard InChI is InChI=1S/C24H30N2O4/c1-16(14-18-9-7-13-30-18)25-23(27)21-15-17-8-3-5-11-20(17)26(21)24(28)19-10-4-6-12-22(19)29-2/h4,6-7,9-10,12-13,16-17,20-21H,3,5,8,11,14-15H2,1-2H3,(H,25,27). The zero-order valence-corrected chi connectivity index (χ0v) is 17.7. The van der Waals surface area contributed by atoms with Crippen molar-refractivity contribution in [3.05, 3.63) is 54.0 Å². The lowest BCUT2D eigenvalue weighted by Crippen LogP contribution is -2.51. The lowest BCUT2D eigenvalue weighted by molar-refractivity contribution is -0.125. The molecular formula is C24H30N2O4. The molecular weight excluding hydrogens is 380 g/mol. The number of methoxy groups -OCH3 is 1. The van der Waals surface area contributed by atoms with Crippen LogP contribution >= 0.6 is 0 Å². The van der Waals surface area contributed by atoms with Gasteiger partial charge in [0, 0.05) is 18.5 Å². The molecule has 2 aromatic rings. The highest BCUT2D eigenvalue weighted by Gasteiger charge is 2.48. The lowest BCUT2D eigenvalue weighted by Gasteiger charge is -2.34. The van der Waals surface area contributed by atoms with Crippen molar-refractivity contribution in [2.75, 3.05) is 7.11 Å². The van der Waals surface area contributed by atoms with Gasteiger partial charge in [-0.05, 0) is 56.4 Å². The van der Waals surface area contributed by atoms with Gasteiger partial charge in [0.05, 0.1) is 18.9 Å². The van der Waals surface area contributed by atoms with Gasteiger partial charge in [0.2, 0.25) is 5.91 Å². The number of nitrogens with one attached hydrogen (secondary N) is 1. The van der Waals surface area contributed by atoms with Crippen LogP contribution in [0.25, 0.3) is 0 Å². The van der Waals surface area contributed by atoms with Crippen LogP contribution in [0.15, 0.2) is 47.1 Å². The van der Waals surface area contributed by atoms with E-state index in [4.69, 9.17) is 9.15 Å². The lowest BCUT2D eigenvalue weighted by atomic mass is 9.84. The van der Waals surface area contributed by atoms with Crippen molar-refractivity contribution in [1.82, 2.24) is 10.2 Å². The number of likely N-dealkylation sites (tertiary alicyclic amines) is 1. The van der Waals surface area contributed by atoms with Gasteiger partial charge in [0.1, 0.15) is 17.6 Å². The van der Waals surface area contributed by atoms with Gasteiger partial charge in [-0.15, -0.1) is 0 Å². The van der Waals surface area contributed by atoms with Gasteiger partial charge in [-0.25, -0.2) is 0 Å². The van der Waals surface area contributed by atoms with Gasteiger partial charge < -0.3 is 19.4 Å². The van der Waals surface area contributed by atoms with Gasteiger partial charge >= 0.3 is 0 Å². The number of hydrogen-bond donors (Lipinski definition) is 1. The number of hydrogen-bond acceptors (Lipinski definition) is 4. The summed E-state index contributed by atoms with van der Waals surface area (Å²) in [5, 5.41) is 3.11. The van der Waals surface area contributed by atoms with Crippen LogP contribution in [0.1, 0.15) is 55.1 Å². The minimum atomic E-state index is -0.449. The van der Waals surface area contributed by atoms with E-state index >= 15 is 0 Å². The predicted molar refractivity (Wildman–Crippen MR) is 113 cm³/mol. The largest absolute Gasteiger partial charge is 0.496 e. The quantitative estimate of drug-likeness (QED) is 0.786. The zero-order valence-electron chi connectivity index (χ0n) is 17.7. The molecule has 1 aromatic carbocycles. The average molecular weight is 411 g/mol. The van der Waals surface area contributed by atoms with E-state index in [0.29, 0.717) is 23.7 Å². The molecule has 160 valence electrons. The number of nitrogens with zero attached hydrogens (tertiary/aromatic N) is 1. The zero-order chi connectivity index (χ0) is 21.1. The van der Waals surface area contributed by atoms with Gasteiger partial charge in [-0.3, -0.25) is 9.59 Å². The molecule has 0 bridgehead atoms. The van der Waals surface area contributed by atoms with E-state index in [1.54, 1.807) is 25.5 Å². The molecule has 4 unspecified atom stereocenters. The Labute approximate surface area is 177 Å². The van der Waals surface area contributed by atoms with Crippen LogP contribution in [-0.2, 0) is 11.2 Å². The van der Waals surface area contributed by atoms with Crippen LogP contribution in [0.2, 0.25) is 0 Å².